The van der Waals surface area contributed by atoms with Crippen molar-refractivity contribution in [2.45, 2.75) is 0 Å². The van der Waals surface area contributed by atoms with E-state index in [0.717, 1.165) is 22.7 Å². The zero-order valence-corrected chi connectivity index (χ0v) is 33.0. The summed E-state index contributed by atoms with van der Waals surface area (Å²) in [5, 5.41) is 4.91. The van der Waals surface area contributed by atoms with Crippen molar-refractivity contribution in [2.75, 3.05) is 4.90 Å². The Morgan fingerprint density at radius 3 is 1.38 bits per heavy atom. The molecule has 2 heteroatoms. The van der Waals surface area contributed by atoms with Gasteiger partial charge in [0.05, 0.1) is 16.7 Å². The SMILES string of the molecule is c1ccc(-c2ccc(N(c3ccc(-c4ccccc4)cc3)c3ccc(-c4cccc(-c5ccc6c7ccccc7n(-c7ccccc7)c6c5)c4)c4ccccc34)cc2)cc1. The van der Waals surface area contributed by atoms with Crippen LogP contribution in [0.15, 0.2) is 243 Å². The second-order valence-corrected chi connectivity index (χ2v) is 15.3. The Hall–Kier alpha value is -7.94. The van der Waals surface area contributed by atoms with Gasteiger partial charge in [-0.1, -0.05) is 182 Å². The molecule has 11 rings (SSSR count). The molecule has 0 spiro atoms. The first-order chi connectivity index (χ1) is 29.8. The standard InChI is InChI=1S/C58H40N2/c1-4-15-41(16-5-1)43-27-32-49(33-28-43)59(50-34-29-44(30-35-50)42-17-6-2-7-18-42)57-38-37-51(52-23-10-11-24-53(52)57)47-20-14-19-45(39-47)46-31-36-55-54-25-12-13-26-56(54)60(58(55)40-46)48-21-8-3-9-22-48/h1-40H. The molecule has 11 aromatic rings. The molecule has 1 heterocycles. The van der Waals surface area contributed by atoms with E-state index in [4.69, 9.17) is 0 Å². The summed E-state index contributed by atoms with van der Waals surface area (Å²) in [7, 11) is 0. The molecule has 0 unspecified atom stereocenters. The second-order valence-electron chi connectivity index (χ2n) is 15.3. The molecule has 0 fully saturated rings. The van der Waals surface area contributed by atoms with Gasteiger partial charge in [0.15, 0.2) is 0 Å². The fourth-order valence-electron chi connectivity index (χ4n) is 8.90. The molecule has 0 bridgehead atoms. The molecule has 10 aromatic carbocycles. The first-order valence-electron chi connectivity index (χ1n) is 20.6. The van der Waals surface area contributed by atoms with E-state index in [1.807, 2.05) is 0 Å². The lowest BCUT2D eigenvalue weighted by Gasteiger charge is -2.28. The summed E-state index contributed by atoms with van der Waals surface area (Å²) >= 11 is 0. The van der Waals surface area contributed by atoms with Gasteiger partial charge in [-0.2, -0.15) is 0 Å². The molecule has 282 valence electrons. The molecular formula is C58H40N2. The Balaban J connectivity index is 1.02. The quantitative estimate of drug-likeness (QED) is 0.150. The van der Waals surface area contributed by atoms with Gasteiger partial charge in [-0.25, -0.2) is 0 Å². The fourth-order valence-corrected chi connectivity index (χ4v) is 8.90. The highest BCUT2D eigenvalue weighted by Gasteiger charge is 2.19. The van der Waals surface area contributed by atoms with Crippen LogP contribution in [-0.2, 0) is 0 Å². The Bertz CT molecular complexity index is 3190. The van der Waals surface area contributed by atoms with E-state index < -0.39 is 0 Å². The van der Waals surface area contributed by atoms with Gasteiger partial charge in [0.2, 0.25) is 0 Å². The average molecular weight is 765 g/mol. The van der Waals surface area contributed by atoms with Crippen LogP contribution in [-0.4, -0.2) is 4.57 Å². The van der Waals surface area contributed by atoms with Crippen molar-refractivity contribution in [3.05, 3.63) is 243 Å². The smallest absolute Gasteiger partial charge is 0.0547 e. The summed E-state index contributed by atoms with van der Waals surface area (Å²) in [6, 6.07) is 87.8. The van der Waals surface area contributed by atoms with E-state index in [1.165, 1.54) is 77.1 Å². The van der Waals surface area contributed by atoms with E-state index in [2.05, 4.69) is 252 Å². The molecule has 0 aliphatic heterocycles. The predicted octanol–water partition coefficient (Wildman–Crippen LogP) is 16.1. The third kappa shape index (κ3) is 6.32. The largest absolute Gasteiger partial charge is 0.310 e. The van der Waals surface area contributed by atoms with Gasteiger partial charge in [-0.3, -0.25) is 0 Å². The Kier molecular flexibility index (Phi) is 8.87. The monoisotopic (exact) mass is 764 g/mol. The van der Waals surface area contributed by atoms with Crippen LogP contribution < -0.4 is 4.90 Å². The molecule has 2 nitrogen and oxygen atoms in total. The Morgan fingerprint density at radius 2 is 0.733 bits per heavy atom. The van der Waals surface area contributed by atoms with Crippen molar-refractivity contribution in [1.82, 2.24) is 4.57 Å². The van der Waals surface area contributed by atoms with Crippen LogP contribution in [0.4, 0.5) is 17.1 Å². The normalized spacial score (nSPS) is 11.3. The summed E-state index contributed by atoms with van der Waals surface area (Å²) in [6.45, 7) is 0. The summed E-state index contributed by atoms with van der Waals surface area (Å²) in [4.78, 5) is 2.40. The molecule has 0 saturated carbocycles. The summed E-state index contributed by atoms with van der Waals surface area (Å²) < 4.78 is 2.39. The molecule has 0 aliphatic carbocycles. The van der Waals surface area contributed by atoms with E-state index >= 15 is 0 Å². The van der Waals surface area contributed by atoms with E-state index in [-0.39, 0.29) is 0 Å². The van der Waals surface area contributed by atoms with Gasteiger partial charge in [0.25, 0.3) is 0 Å². The lowest BCUT2D eigenvalue weighted by Crippen LogP contribution is -2.10. The van der Waals surface area contributed by atoms with Crippen molar-refractivity contribution < 1.29 is 0 Å². The zero-order chi connectivity index (χ0) is 39.8. The van der Waals surface area contributed by atoms with Crippen molar-refractivity contribution in [3.8, 4) is 50.2 Å². The van der Waals surface area contributed by atoms with E-state index in [1.54, 1.807) is 0 Å². The maximum atomic E-state index is 2.40. The van der Waals surface area contributed by atoms with Gasteiger partial charge >= 0.3 is 0 Å². The van der Waals surface area contributed by atoms with Crippen LogP contribution in [0.5, 0.6) is 0 Å². The topological polar surface area (TPSA) is 8.17 Å². The first kappa shape index (κ1) is 35.2. The lowest BCUT2D eigenvalue weighted by atomic mass is 9.93. The van der Waals surface area contributed by atoms with Crippen molar-refractivity contribution in [3.63, 3.8) is 0 Å². The molecule has 0 N–H and O–H groups in total. The molecule has 0 aliphatic rings. The van der Waals surface area contributed by atoms with Crippen LogP contribution in [0.2, 0.25) is 0 Å². The minimum absolute atomic E-state index is 1.10. The van der Waals surface area contributed by atoms with Crippen molar-refractivity contribution >= 4 is 49.6 Å². The third-order valence-corrected chi connectivity index (χ3v) is 11.8. The number of rotatable bonds is 8. The maximum Gasteiger partial charge on any atom is 0.0547 e. The lowest BCUT2D eigenvalue weighted by molar-refractivity contribution is 1.18. The maximum absolute atomic E-state index is 2.40. The average Bonchev–Trinajstić information content (AvgIpc) is 3.67. The molecule has 0 saturated heterocycles. The fraction of sp³-hybridized carbons (Fsp3) is 0. The Morgan fingerprint density at radius 1 is 0.267 bits per heavy atom. The van der Waals surface area contributed by atoms with Crippen LogP contribution in [0.1, 0.15) is 0 Å². The highest BCUT2D eigenvalue weighted by atomic mass is 15.1. The summed E-state index contributed by atoms with van der Waals surface area (Å²) in [5.74, 6) is 0. The van der Waals surface area contributed by atoms with Crippen molar-refractivity contribution in [2.24, 2.45) is 0 Å². The molecule has 0 radical (unpaired) electrons. The number of hydrogen-bond acceptors (Lipinski definition) is 1. The molecule has 60 heavy (non-hydrogen) atoms. The van der Waals surface area contributed by atoms with Crippen LogP contribution in [0.25, 0.3) is 82.8 Å². The van der Waals surface area contributed by atoms with E-state index in [9.17, 15) is 0 Å². The minimum Gasteiger partial charge on any atom is -0.310 e. The highest BCUT2D eigenvalue weighted by molar-refractivity contribution is 6.10. The summed E-state index contributed by atoms with van der Waals surface area (Å²) in [5.41, 5.74) is 16.5. The van der Waals surface area contributed by atoms with Gasteiger partial charge in [-0.05, 0) is 111 Å². The minimum atomic E-state index is 1.10. The van der Waals surface area contributed by atoms with Crippen molar-refractivity contribution in [1.29, 1.82) is 0 Å². The third-order valence-electron chi connectivity index (χ3n) is 11.8. The molecule has 0 amide bonds. The number of para-hydroxylation sites is 2. The molecule has 1 aromatic heterocycles. The number of nitrogens with zero attached hydrogens (tertiary/aromatic N) is 2. The predicted molar refractivity (Wildman–Crippen MR) is 255 cm³/mol. The summed E-state index contributed by atoms with van der Waals surface area (Å²) in [6.07, 6.45) is 0. The Labute approximate surface area is 350 Å². The van der Waals surface area contributed by atoms with Crippen LogP contribution >= 0.6 is 0 Å². The van der Waals surface area contributed by atoms with Gasteiger partial charge < -0.3 is 9.47 Å². The van der Waals surface area contributed by atoms with Gasteiger partial charge in [-0.15, -0.1) is 0 Å². The first-order valence-corrected chi connectivity index (χ1v) is 20.6. The number of fused-ring (bicyclic) bond motifs is 4. The molecule has 0 atom stereocenters. The number of benzene rings is 10. The zero-order valence-electron chi connectivity index (χ0n) is 33.0. The van der Waals surface area contributed by atoms with Crippen LogP contribution in [0.3, 0.4) is 0 Å². The van der Waals surface area contributed by atoms with Gasteiger partial charge in [0.1, 0.15) is 0 Å². The second kappa shape index (κ2) is 15.1. The van der Waals surface area contributed by atoms with Crippen LogP contribution in [0, 0.1) is 0 Å². The number of aromatic nitrogens is 1. The number of hydrogen-bond donors (Lipinski definition) is 0. The van der Waals surface area contributed by atoms with Gasteiger partial charge in [0, 0.05) is 33.2 Å². The highest BCUT2D eigenvalue weighted by Crippen LogP contribution is 2.44. The molecular weight excluding hydrogens is 725 g/mol. The van der Waals surface area contributed by atoms with E-state index in [0.29, 0.717) is 0 Å². The number of anilines is 3.